The van der Waals surface area contributed by atoms with Gasteiger partial charge in [0.1, 0.15) is 77.3 Å². The van der Waals surface area contributed by atoms with E-state index in [9.17, 15) is 50.6 Å². The molecule has 2 aliphatic rings. The minimum atomic E-state index is -2.54. The molecule has 0 bridgehead atoms. The third-order valence-corrected chi connectivity index (χ3v) is 15.6. The van der Waals surface area contributed by atoms with Crippen LogP contribution in [0.2, 0.25) is 0 Å². The molecule has 27 heteroatoms. The van der Waals surface area contributed by atoms with Gasteiger partial charge in [0.2, 0.25) is 0 Å². The van der Waals surface area contributed by atoms with Gasteiger partial charge in [-0.1, -0.05) is 71.6 Å². The third kappa shape index (κ3) is 18.0. The number of carbonyl (C=O) groups is 4. The molecule has 2 atom stereocenters. The van der Waals surface area contributed by atoms with E-state index in [1.165, 1.54) is 0 Å². The molecular formula is C71H61F6N4O16W-. The van der Waals surface area contributed by atoms with Crippen LogP contribution in [-0.4, -0.2) is 100 Å². The second-order valence-electron chi connectivity index (χ2n) is 22.0. The van der Waals surface area contributed by atoms with E-state index in [0.717, 1.165) is 113 Å². The number of fused-ring (bicyclic) bond motifs is 12. The zero-order chi connectivity index (χ0) is 68.6. The van der Waals surface area contributed by atoms with Crippen LogP contribution in [0.3, 0.4) is 0 Å². The van der Waals surface area contributed by atoms with Gasteiger partial charge in [-0.15, -0.1) is 0 Å². The summed E-state index contributed by atoms with van der Waals surface area (Å²) in [5.74, 6) is 0.0822. The Bertz CT molecular complexity index is 4690. The van der Waals surface area contributed by atoms with Gasteiger partial charge in [0.25, 0.3) is 19.3 Å². The Balaban J connectivity index is 0.000000180. The average molecular weight is 1520 g/mol. The van der Waals surface area contributed by atoms with E-state index in [4.69, 9.17) is 51.5 Å². The SMILES string of the molecule is CCCc1noc2ccc3cc(O)ccc3c12.CCCc1noc2ccc3cc(OCC(F)F)ccc3c12.O=C1CCC(c2noc3ccc4cc(OCC(F)F)ccc4c23)C(=O)C1.O=C1CCC(c2noc3ccc4cc(OCC(F)F)ccc4c23)C(=O)C1.O=C=O.O=C=O.[CH3-].[W]. The van der Waals surface area contributed by atoms with Crippen LogP contribution < -0.4 is 14.2 Å². The molecule has 8 aromatic carbocycles. The summed E-state index contributed by atoms with van der Waals surface area (Å²) in [7, 11) is 0. The number of ketones is 4. The Labute approximate surface area is 567 Å². The Morgan fingerprint density at radius 2 is 0.765 bits per heavy atom. The second kappa shape index (κ2) is 35.0. The van der Waals surface area contributed by atoms with E-state index in [-0.39, 0.29) is 82.5 Å². The molecule has 0 radical (unpaired) electrons. The van der Waals surface area contributed by atoms with Crippen molar-refractivity contribution >= 4 is 122 Å². The molecule has 510 valence electrons. The van der Waals surface area contributed by atoms with E-state index >= 15 is 0 Å². The fourth-order valence-electron chi connectivity index (χ4n) is 11.5. The van der Waals surface area contributed by atoms with E-state index in [1.54, 1.807) is 84.9 Å². The molecule has 98 heavy (non-hydrogen) atoms. The van der Waals surface area contributed by atoms with Crippen molar-refractivity contribution in [3.8, 4) is 23.0 Å². The van der Waals surface area contributed by atoms with Crippen LogP contribution in [-0.2, 0) is 72.3 Å². The molecule has 4 heterocycles. The van der Waals surface area contributed by atoms with Gasteiger partial charge in [0.15, 0.2) is 22.3 Å². The number of hydrogen-bond acceptors (Lipinski definition) is 20. The molecule has 0 aliphatic heterocycles. The molecular weight excluding hydrogens is 1460 g/mol. The Morgan fingerprint density at radius 1 is 0.459 bits per heavy atom. The number of phenols is 1. The number of Topliss-reactive ketones (excluding diaryl/α,β-unsaturated/α-hetero) is 4. The van der Waals surface area contributed by atoms with Crippen molar-refractivity contribution in [3.63, 3.8) is 0 Å². The Kier molecular flexibility index (Phi) is 26.8. The summed E-state index contributed by atoms with van der Waals surface area (Å²) in [6.45, 7) is 2.27. The Hall–Kier alpha value is -10.4. The van der Waals surface area contributed by atoms with Gasteiger partial charge in [-0.3, -0.25) is 19.2 Å². The molecule has 0 spiro atoms. The molecule has 12 aromatic rings. The van der Waals surface area contributed by atoms with Crippen LogP contribution in [0, 0.1) is 7.43 Å². The van der Waals surface area contributed by atoms with Crippen LogP contribution in [0.1, 0.15) is 99.8 Å². The predicted molar refractivity (Wildman–Crippen MR) is 340 cm³/mol. The van der Waals surface area contributed by atoms with Crippen LogP contribution in [0.25, 0.3) is 87.0 Å². The first-order valence-corrected chi connectivity index (χ1v) is 30.1. The van der Waals surface area contributed by atoms with Gasteiger partial charge in [-0.25, -0.2) is 26.3 Å². The van der Waals surface area contributed by atoms with Crippen molar-refractivity contribution in [2.75, 3.05) is 19.8 Å². The minimum Gasteiger partial charge on any atom is -0.508 e. The van der Waals surface area contributed by atoms with Crippen LogP contribution >= 0.6 is 0 Å². The Morgan fingerprint density at radius 3 is 1.09 bits per heavy atom. The molecule has 2 saturated carbocycles. The van der Waals surface area contributed by atoms with E-state index in [2.05, 4.69) is 34.5 Å². The summed E-state index contributed by atoms with van der Waals surface area (Å²) in [6.07, 6.45) is -1.90. The number of hydrogen-bond donors (Lipinski definition) is 1. The fraction of sp³-hybridized carbons (Fsp3) is 0.282. The maximum Gasteiger partial charge on any atom is 0.373 e. The number of phenolic OH excluding ortho intramolecular Hbond substituents is 1. The molecule has 1 N–H and O–H groups in total. The number of benzene rings is 8. The van der Waals surface area contributed by atoms with Gasteiger partial charge in [0.05, 0.1) is 57.6 Å². The number of halogens is 6. The van der Waals surface area contributed by atoms with Crippen molar-refractivity contribution < 1.29 is 123 Å². The maximum absolute atomic E-state index is 12.3. The van der Waals surface area contributed by atoms with Gasteiger partial charge in [-0.2, -0.15) is 19.2 Å². The van der Waals surface area contributed by atoms with Crippen LogP contribution in [0.15, 0.2) is 139 Å². The molecule has 2 unspecified atom stereocenters. The summed E-state index contributed by atoms with van der Waals surface area (Å²) < 4.78 is 110. The van der Waals surface area contributed by atoms with E-state index < -0.39 is 50.9 Å². The van der Waals surface area contributed by atoms with Gasteiger partial charge in [-0.05, 0) is 166 Å². The predicted octanol–water partition coefficient (Wildman–Crippen LogP) is 15.6. The number of aryl methyl sites for hydroxylation is 2. The first-order valence-electron chi connectivity index (χ1n) is 30.1. The topological polar surface area (TPSA) is 289 Å². The summed E-state index contributed by atoms with van der Waals surface area (Å²) >= 11 is 0. The number of carbonyl (C=O) groups excluding carboxylic acids is 8. The van der Waals surface area contributed by atoms with Crippen molar-refractivity contribution in [1.82, 2.24) is 20.6 Å². The molecule has 14 rings (SSSR count). The zero-order valence-electron chi connectivity index (χ0n) is 52.7. The molecule has 0 amide bonds. The number of nitrogens with zero attached hydrogens (tertiary/aromatic N) is 4. The van der Waals surface area contributed by atoms with Crippen molar-refractivity contribution in [2.24, 2.45) is 0 Å². The molecule has 0 saturated heterocycles. The maximum atomic E-state index is 12.3. The normalized spacial score (nSPS) is 14.3. The molecule has 2 aliphatic carbocycles. The van der Waals surface area contributed by atoms with Crippen LogP contribution in [0.4, 0.5) is 26.3 Å². The van der Waals surface area contributed by atoms with Crippen molar-refractivity contribution in [1.29, 1.82) is 0 Å². The summed E-state index contributed by atoms with van der Waals surface area (Å²) in [5, 5.41) is 36.6. The monoisotopic (exact) mass is 1520 g/mol. The average Bonchev–Trinajstić information content (AvgIpc) is 1.59. The number of rotatable bonds is 15. The minimum absolute atomic E-state index is 0. The van der Waals surface area contributed by atoms with E-state index in [1.807, 2.05) is 36.4 Å². The van der Waals surface area contributed by atoms with E-state index in [0.29, 0.717) is 65.5 Å². The number of alkyl halides is 6. The zero-order valence-corrected chi connectivity index (χ0v) is 55.6. The third-order valence-electron chi connectivity index (χ3n) is 15.6. The molecule has 2 fully saturated rings. The summed E-state index contributed by atoms with van der Waals surface area (Å²) in [6, 6.07) is 35.4. The van der Waals surface area contributed by atoms with Gasteiger partial charge < -0.3 is 44.8 Å². The smallest absolute Gasteiger partial charge is 0.373 e. The van der Waals surface area contributed by atoms with Crippen molar-refractivity contribution in [2.45, 2.75) is 109 Å². The van der Waals surface area contributed by atoms with Crippen LogP contribution in [0.5, 0.6) is 23.0 Å². The quantitative estimate of drug-likeness (QED) is 0.0567. The number of aromatic hydroxyl groups is 1. The first kappa shape index (κ1) is 75.0. The number of ether oxygens (including phenoxy) is 3. The van der Waals surface area contributed by atoms with Crippen molar-refractivity contribution in [3.05, 3.63) is 152 Å². The first-order chi connectivity index (χ1) is 46.4. The molecule has 4 aromatic heterocycles. The largest absolute Gasteiger partial charge is 0.508 e. The fourth-order valence-corrected chi connectivity index (χ4v) is 11.5. The summed E-state index contributed by atoms with van der Waals surface area (Å²) in [5.41, 5.74) is 5.63. The van der Waals surface area contributed by atoms with Gasteiger partial charge >= 0.3 is 12.3 Å². The second-order valence-corrected chi connectivity index (χ2v) is 22.0. The number of aromatic nitrogens is 4. The molecule has 20 nitrogen and oxygen atoms in total. The standard InChI is InChI=1S/2C19H15F2NO4.C16H15F2NO2.C14H13NO2.2CO2.CH3.W/c2*20-17(21)9-25-12-3-5-13-10(7-12)1-6-16-18(13)19(22-26-16)14-4-2-11(23)8-15(14)24;1-2-3-13-16-12-6-5-11(20-9-15(17)18)8-10(12)4-7-14(16)21-19-13;1-2-3-12-14-11-6-5-10(16)8-9(11)4-7-13(14)17-15-12;2*2-1-3;;/h2*1,3,5-7,14,17H,2,4,8-9H2;4-8,15H,2-3,9H2,1H3;4-8,16H,2-3H2,1H3;;;1H3;/q;;;;;;-1;. The summed E-state index contributed by atoms with van der Waals surface area (Å²) in [4.78, 5) is 80.0. The van der Waals surface area contributed by atoms with Gasteiger partial charge in [0, 0.05) is 33.9 Å².